The van der Waals surface area contributed by atoms with E-state index in [9.17, 15) is 13.2 Å². The van der Waals surface area contributed by atoms with Crippen molar-refractivity contribution in [3.8, 4) is 5.75 Å². The van der Waals surface area contributed by atoms with E-state index in [1.54, 1.807) is 12.1 Å². The minimum atomic E-state index is -2.86. The van der Waals surface area contributed by atoms with E-state index in [-0.39, 0.29) is 16.7 Å². The Hall–Kier alpha value is -2.61. The van der Waals surface area contributed by atoms with Crippen LogP contribution in [0.2, 0.25) is 0 Å². The van der Waals surface area contributed by atoms with E-state index in [1.165, 1.54) is 42.6 Å². The number of rotatable bonds is 5. The van der Waals surface area contributed by atoms with E-state index in [1.807, 2.05) is 0 Å². The van der Waals surface area contributed by atoms with Gasteiger partial charge < -0.3 is 10.1 Å². The van der Waals surface area contributed by atoms with Crippen molar-refractivity contribution in [2.24, 2.45) is 5.10 Å². The molecule has 0 aliphatic heterocycles. The number of ether oxygens (including phenoxy) is 1. The molecule has 2 rings (SSSR count). The first kappa shape index (κ1) is 16.8. The normalized spacial score (nSPS) is 10.8. The zero-order chi connectivity index (χ0) is 16.7. The van der Waals surface area contributed by atoms with Crippen LogP contribution in [-0.2, 0) is 0 Å². The Bertz CT molecular complexity index is 675. The van der Waals surface area contributed by atoms with Crippen LogP contribution in [0.25, 0.3) is 0 Å². The maximum atomic E-state index is 12.8. The third-order valence-corrected chi connectivity index (χ3v) is 2.78. The molecule has 0 aromatic heterocycles. The minimum Gasteiger partial charge on any atom is -0.435 e. The number of hydrazone groups is 1. The quantitative estimate of drug-likeness (QED) is 0.495. The second-order valence-electron chi connectivity index (χ2n) is 4.28. The van der Waals surface area contributed by atoms with Gasteiger partial charge in [-0.05, 0) is 66.3 Å². The van der Waals surface area contributed by atoms with Gasteiger partial charge in [0.2, 0.25) is 0 Å². The van der Waals surface area contributed by atoms with Crippen LogP contribution in [0.3, 0.4) is 0 Å². The maximum Gasteiger partial charge on any atom is 0.387 e. The number of benzene rings is 2. The van der Waals surface area contributed by atoms with Gasteiger partial charge in [-0.1, -0.05) is 0 Å². The van der Waals surface area contributed by atoms with Crippen molar-refractivity contribution in [1.82, 2.24) is 5.43 Å². The molecule has 0 amide bonds. The zero-order valence-corrected chi connectivity index (χ0v) is 12.5. The van der Waals surface area contributed by atoms with Crippen molar-refractivity contribution in [3.63, 3.8) is 0 Å². The number of halogens is 3. The van der Waals surface area contributed by atoms with Gasteiger partial charge >= 0.3 is 6.61 Å². The molecule has 2 aromatic rings. The van der Waals surface area contributed by atoms with Gasteiger partial charge in [-0.2, -0.15) is 13.9 Å². The summed E-state index contributed by atoms with van der Waals surface area (Å²) in [5, 5.41) is 6.95. The van der Waals surface area contributed by atoms with Crippen molar-refractivity contribution in [3.05, 3.63) is 59.9 Å². The van der Waals surface area contributed by atoms with E-state index in [0.29, 0.717) is 11.3 Å². The Labute approximate surface area is 136 Å². The molecule has 0 spiro atoms. The van der Waals surface area contributed by atoms with Crippen LogP contribution in [0.5, 0.6) is 5.75 Å². The van der Waals surface area contributed by atoms with E-state index in [0.717, 1.165) is 0 Å². The molecule has 8 heteroatoms. The Morgan fingerprint density at radius 2 is 1.74 bits per heavy atom. The first-order valence-electron chi connectivity index (χ1n) is 6.43. The molecule has 0 bridgehead atoms. The Balaban J connectivity index is 1.83. The summed E-state index contributed by atoms with van der Waals surface area (Å²) in [4.78, 5) is 0. The number of nitrogens with zero attached hydrogens (tertiary/aromatic N) is 1. The molecule has 120 valence electrons. The Morgan fingerprint density at radius 1 is 1.09 bits per heavy atom. The van der Waals surface area contributed by atoms with Gasteiger partial charge in [0.1, 0.15) is 11.6 Å². The SMILES string of the molecule is Fc1ccc(NC(=S)N/N=C\c2ccc(OC(F)F)cc2)cc1. The fraction of sp³-hybridized carbons (Fsp3) is 0.0667. The number of thiocarbonyl (C=S) groups is 1. The number of hydrogen-bond donors (Lipinski definition) is 2. The lowest BCUT2D eigenvalue weighted by Crippen LogP contribution is -2.23. The fourth-order valence-electron chi connectivity index (χ4n) is 1.59. The summed E-state index contributed by atoms with van der Waals surface area (Å²) >= 11 is 5.02. The van der Waals surface area contributed by atoms with Gasteiger partial charge in [0.15, 0.2) is 5.11 Å². The largest absolute Gasteiger partial charge is 0.435 e. The highest BCUT2D eigenvalue weighted by molar-refractivity contribution is 7.80. The average molecular weight is 339 g/mol. The molecule has 0 fully saturated rings. The van der Waals surface area contributed by atoms with Gasteiger partial charge in [-0.3, -0.25) is 5.43 Å². The average Bonchev–Trinajstić information content (AvgIpc) is 2.51. The molecule has 0 radical (unpaired) electrons. The van der Waals surface area contributed by atoms with E-state index in [4.69, 9.17) is 12.2 Å². The summed E-state index contributed by atoms with van der Waals surface area (Å²) in [6.07, 6.45) is 1.46. The lowest BCUT2D eigenvalue weighted by Gasteiger charge is -2.06. The molecule has 2 N–H and O–H groups in total. The smallest absolute Gasteiger partial charge is 0.387 e. The van der Waals surface area contributed by atoms with Crippen LogP contribution < -0.4 is 15.5 Å². The van der Waals surface area contributed by atoms with Crippen molar-refractivity contribution in [2.45, 2.75) is 6.61 Å². The summed E-state index contributed by atoms with van der Waals surface area (Å²) in [6, 6.07) is 11.6. The van der Waals surface area contributed by atoms with E-state index < -0.39 is 6.61 Å². The number of anilines is 1. The molecule has 4 nitrogen and oxygen atoms in total. The molecule has 0 saturated carbocycles. The lowest BCUT2D eigenvalue weighted by atomic mass is 10.2. The Kier molecular flexibility index (Phi) is 5.93. The molecule has 2 aromatic carbocycles. The van der Waals surface area contributed by atoms with Crippen molar-refractivity contribution in [2.75, 3.05) is 5.32 Å². The van der Waals surface area contributed by atoms with Gasteiger partial charge in [0.25, 0.3) is 0 Å². The second kappa shape index (κ2) is 8.14. The monoisotopic (exact) mass is 339 g/mol. The second-order valence-corrected chi connectivity index (χ2v) is 4.69. The predicted octanol–water partition coefficient (Wildman–Crippen LogP) is 3.75. The summed E-state index contributed by atoms with van der Waals surface area (Å²) in [5.74, 6) is -0.273. The molecule has 0 aliphatic rings. The first-order chi connectivity index (χ1) is 11.0. The van der Waals surface area contributed by atoms with Gasteiger partial charge in [0, 0.05) is 5.69 Å². The van der Waals surface area contributed by atoms with Crippen molar-refractivity contribution in [1.29, 1.82) is 0 Å². The van der Waals surface area contributed by atoms with Crippen LogP contribution in [0.1, 0.15) is 5.56 Å². The highest BCUT2D eigenvalue weighted by Crippen LogP contribution is 2.14. The highest BCUT2D eigenvalue weighted by atomic mass is 32.1. The molecule has 0 heterocycles. The molecular formula is C15H12F3N3OS. The summed E-state index contributed by atoms with van der Waals surface area (Å²) in [5.41, 5.74) is 3.87. The van der Waals surface area contributed by atoms with E-state index in [2.05, 4.69) is 20.6 Å². The number of alkyl halides is 2. The molecule has 0 saturated heterocycles. The maximum absolute atomic E-state index is 12.8. The third-order valence-electron chi connectivity index (χ3n) is 2.59. The van der Waals surface area contributed by atoms with Crippen molar-refractivity contribution < 1.29 is 17.9 Å². The summed E-state index contributed by atoms with van der Waals surface area (Å²) in [6.45, 7) is -2.86. The predicted molar refractivity (Wildman–Crippen MR) is 86.4 cm³/mol. The fourth-order valence-corrected chi connectivity index (χ4v) is 1.76. The summed E-state index contributed by atoms with van der Waals surface area (Å²) < 4.78 is 41.0. The van der Waals surface area contributed by atoms with Crippen LogP contribution in [0, 0.1) is 5.82 Å². The molecule has 23 heavy (non-hydrogen) atoms. The van der Waals surface area contributed by atoms with Gasteiger partial charge in [-0.15, -0.1) is 0 Å². The van der Waals surface area contributed by atoms with Gasteiger partial charge in [0.05, 0.1) is 6.21 Å². The number of hydrogen-bond acceptors (Lipinski definition) is 3. The Morgan fingerprint density at radius 3 is 2.35 bits per heavy atom. The zero-order valence-electron chi connectivity index (χ0n) is 11.7. The van der Waals surface area contributed by atoms with Gasteiger partial charge in [-0.25, -0.2) is 4.39 Å². The van der Waals surface area contributed by atoms with Crippen LogP contribution >= 0.6 is 12.2 Å². The topological polar surface area (TPSA) is 45.7 Å². The molecular weight excluding hydrogens is 327 g/mol. The van der Waals surface area contributed by atoms with Crippen LogP contribution in [-0.4, -0.2) is 17.9 Å². The van der Waals surface area contributed by atoms with Crippen LogP contribution in [0.4, 0.5) is 18.9 Å². The number of nitrogens with one attached hydrogen (secondary N) is 2. The van der Waals surface area contributed by atoms with E-state index >= 15 is 0 Å². The standard InChI is InChI=1S/C15H12F3N3OS/c16-11-3-5-12(6-4-11)20-15(23)21-19-9-10-1-7-13(8-2-10)22-14(17)18/h1-9,14H,(H2,20,21,23)/b19-9-. The molecule has 0 unspecified atom stereocenters. The molecule has 0 atom stereocenters. The lowest BCUT2D eigenvalue weighted by molar-refractivity contribution is -0.0498. The third kappa shape index (κ3) is 5.95. The van der Waals surface area contributed by atoms with Crippen molar-refractivity contribution >= 4 is 29.2 Å². The highest BCUT2D eigenvalue weighted by Gasteiger charge is 2.03. The van der Waals surface area contributed by atoms with Crippen LogP contribution in [0.15, 0.2) is 53.6 Å². The summed E-state index contributed by atoms with van der Waals surface area (Å²) in [7, 11) is 0. The molecule has 0 aliphatic carbocycles. The minimum absolute atomic E-state index is 0.0682. The first-order valence-corrected chi connectivity index (χ1v) is 6.84.